The van der Waals surface area contributed by atoms with Crippen LogP contribution in [0.1, 0.15) is 46.6 Å². The van der Waals surface area contributed by atoms with Crippen LogP contribution in [0.4, 0.5) is 0 Å². The van der Waals surface area contributed by atoms with E-state index in [4.69, 9.17) is 16.2 Å². The van der Waals surface area contributed by atoms with Crippen molar-refractivity contribution in [3.05, 3.63) is 35.9 Å². The molecule has 10 heteroatoms. The molecule has 3 atom stereocenters. The minimum Gasteiger partial charge on any atom is -0.459 e. The van der Waals surface area contributed by atoms with Gasteiger partial charge in [-0.15, -0.1) is 0 Å². The third-order valence-electron chi connectivity index (χ3n) is 4.83. The number of nitrogens with two attached hydrogens (primary N) is 2. The van der Waals surface area contributed by atoms with E-state index in [2.05, 4.69) is 0 Å². The third kappa shape index (κ3) is 5.25. The van der Waals surface area contributed by atoms with Crippen molar-refractivity contribution >= 4 is 21.9 Å². The Morgan fingerprint density at radius 2 is 1.63 bits per heavy atom. The lowest BCUT2D eigenvalue weighted by Gasteiger charge is -2.42. The van der Waals surface area contributed by atoms with Crippen molar-refractivity contribution in [3.8, 4) is 0 Å². The number of hydrogen-bond acceptors (Lipinski definition) is 8. The summed E-state index contributed by atoms with van der Waals surface area (Å²) in [4.78, 5) is 22.3. The van der Waals surface area contributed by atoms with Crippen LogP contribution in [-0.4, -0.2) is 46.3 Å². The molecule has 170 valence electrons. The van der Waals surface area contributed by atoms with Gasteiger partial charge in [0.05, 0.1) is 6.04 Å². The van der Waals surface area contributed by atoms with Crippen molar-refractivity contribution in [2.45, 2.75) is 64.2 Å². The van der Waals surface area contributed by atoms with Crippen LogP contribution in [0.3, 0.4) is 0 Å². The molecule has 0 amide bonds. The van der Waals surface area contributed by atoms with E-state index in [0.29, 0.717) is 5.56 Å². The molecule has 0 saturated heterocycles. The van der Waals surface area contributed by atoms with E-state index in [0.717, 1.165) is 0 Å². The summed E-state index contributed by atoms with van der Waals surface area (Å²) in [6, 6.07) is 6.91. The average Bonchev–Trinajstić information content (AvgIpc) is 2.62. The van der Waals surface area contributed by atoms with Crippen LogP contribution in [0.15, 0.2) is 30.3 Å². The number of ether oxygens (including phenoxy) is 1. The maximum Gasteiger partial charge on any atom is 0.331 e. The van der Waals surface area contributed by atoms with E-state index in [-0.39, 0.29) is 6.61 Å². The molecule has 1 rings (SSSR count). The van der Waals surface area contributed by atoms with Gasteiger partial charge in [-0.3, -0.25) is 9.35 Å². The molecule has 9 nitrogen and oxygen atoms in total. The van der Waals surface area contributed by atoms with Gasteiger partial charge in [0.1, 0.15) is 6.61 Å². The van der Waals surface area contributed by atoms with Gasteiger partial charge in [0.2, 0.25) is 5.78 Å². The summed E-state index contributed by atoms with van der Waals surface area (Å²) in [7, 11) is -5.60. The van der Waals surface area contributed by atoms with Gasteiger partial charge in [-0.1, -0.05) is 65.0 Å². The Balaban J connectivity index is 3.52. The second-order valence-electron chi connectivity index (χ2n) is 8.96. The highest BCUT2D eigenvalue weighted by Gasteiger charge is 2.68. The zero-order valence-corrected chi connectivity index (χ0v) is 18.8. The number of carbonyl (C=O) groups excluding carboxylic acids is 2. The second-order valence-corrected chi connectivity index (χ2v) is 10.5. The second kappa shape index (κ2) is 9.11. The van der Waals surface area contributed by atoms with Crippen LogP contribution < -0.4 is 11.5 Å². The van der Waals surface area contributed by atoms with Gasteiger partial charge in [0, 0.05) is 0 Å². The molecule has 0 saturated carbocycles. The maximum absolute atomic E-state index is 13.1. The van der Waals surface area contributed by atoms with Crippen LogP contribution >= 0.6 is 0 Å². The van der Waals surface area contributed by atoms with Gasteiger partial charge in [-0.25, -0.2) is 4.79 Å². The van der Waals surface area contributed by atoms with Gasteiger partial charge in [0.15, 0.2) is 5.54 Å². The molecule has 30 heavy (non-hydrogen) atoms. The fourth-order valence-corrected chi connectivity index (χ4v) is 4.05. The molecule has 3 unspecified atom stereocenters. The van der Waals surface area contributed by atoms with Crippen LogP contribution in [0.25, 0.3) is 0 Å². The lowest BCUT2D eigenvalue weighted by Crippen LogP contribution is -2.75. The van der Waals surface area contributed by atoms with E-state index in [1.807, 2.05) is 0 Å². The number of rotatable bonds is 9. The highest BCUT2D eigenvalue weighted by atomic mass is 32.2. The fraction of sp³-hybridized carbons (Fsp3) is 0.600. The van der Waals surface area contributed by atoms with Crippen LogP contribution in [-0.2, 0) is 31.1 Å². The van der Waals surface area contributed by atoms with E-state index in [9.17, 15) is 27.7 Å². The largest absolute Gasteiger partial charge is 0.459 e. The molecule has 0 fully saturated rings. The number of Topliss-reactive ketones (excluding diaryl/α,β-unsaturated/α-hetero) is 1. The molecular weight excluding hydrogens is 412 g/mol. The summed E-state index contributed by atoms with van der Waals surface area (Å²) < 4.78 is 39.6. The lowest BCUT2D eigenvalue weighted by molar-refractivity contribution is -0.165. The Morgan fingerprint density at radius 1 is 1.13 bits per heavy atom. The first kappa shape index (κ1) is 26.2. The van der Waals surface area contributed by atoms with Gasteiger partial charge in [-0.05, 0) is 23.3 Å². The quantitative estimate of drug-likeness (QED) is 0.320. The molecule has 0 aliphatic heterocycles. The zero-order valence-electron chi connectivity index (χ0n) is 18.0. The van der Waals surface area contributed by atoms with Crippen molar-refractivity contribution in [1.82, 2.24) is 0 Å². The number of ketones is 1. The first-order chi connectivity index (χ1) is 13.5. The van der Waals surface area contributed by atoms with Gasteiger partial charge in [0.25, 0.3) is 4.93 Å². The Bertz CT molecular complexity index is 865. The van der Waals surface area contributed by atoms with Crippen LogP contribution in [0.2, 0.25) is 0 Å². The SMILES string of the molecule is CC(C)CC(N)(C(=O)OCc1ccccc1)C(O)(C(=O)C(N)C(C)(C)C)S(=O)(=O)O. The Kier molecular flexibility index (Phi) is 7.95. The molecule has 0 aliphatic carbocycles. The number of carbonyl (C=O) groups is 2. The van der Waals surface area contributed by atoms with Crippen molar-refractivity contribution < 1.29 is 32.4 Å². The van der Waals surface area contributed by atoms with Gasteiger partial charge in [-0.2, -0.15) is 8.42 Å². The fourth-order valence-electron chi connectivity index (χ4n) is 3.04. The Hall–Kier alpha value is -1.85. The average molecular weight is 445 g/mol. The lowest BCUT2D eigenvalue weighted by atomic mass is 9.76. The predicted molar refractivity (Wildman–Crippen MR) is 112 cm³/mol. The first-order valence-corrected chi connectivity index (χ1v) is 10.9. The van der Waals surface area contributed by atoms with Crippen molar-refractivity contribution in [3.63, 3.8) is 0 Å². The molecule has 1 aromatic rings. The van der Waals surface area contributed by atoms with Crippen LogP contribution in [0.5, 0.6) is 0 Å². The number of benzene rings is 1. The van der Waals surface area contributed by atoms with Gasteiger partial charge < -0.3 is 21.3 Å². The van der Waals surface area contributed by atoms with E-state index >= 15 is 0 Å². The molecular formula is C20H32N2O7S. The molecule has 0 bridgehead atoms. The van der Waals surface area contributed by atoms with E-state index < -0.39 is 56.1 Å². The predicted octanol–water partition coefficient (Wildman–Crippen LogP) is 0.992. The minimum absolute atomic E-state index is 0.280. The smallest absolute Gasteiger partial charge is 0.331 e. The number of aliphatic hydroxyl groups is 1. The standard InChI is InChI=1S/C20H32N2O7S/c1-13(2)11-19(22,17(24)29-12-14-9-7-6-8-10-14)20(25,30(26,27)28)16(23)15(21)18(3,4)5/h6-10,13,15,25H,11-12,21-22H2,1-5H3,(H,26,27,28). The van der Waals surface area contributed by atoms with Gasteiger partial charge >= 0.3 is 16.1 Å². The molecule has 6 N–H and O–H groups in total. The summed E-state index contributed by atoms with van der Waals surface area (Å²) in [5.41, 5.74) is 8.77. The highest BCUT2D eigenvalue weighted by Crippen LogP contribution is 2.36. The highest BCUT2D eigenvalue weighted by molar-refractivity contribution is 7.88. The summed E-state index contributed by atoms with van der Waals surface area (Å²) in [6.45, 7) is 7.53. The van der Waals surface area contributed by atoms with Crippen molar-refractivity contribution in [2.24, 2.45) is 22.8 Å². The normalized spacial score (nSPS) is 17.7. The zero-order chi connectivity index (χ0) is 23.5. The molecule has 0 aliphatic rings. The summed E-state index contributed by atoms with van der Waals surface area (Å²) >= 11 is 0. The Morgan fingerprint density at radius 3 is 2.03 bits per heavy atom. The molecule has 0 aromatic heterocycles. The monoisotopic (exact) mass is 444 g/mol. The Labute approximate surface area is 177 Å². The first-order valence-electron chi connectivity index (χ1n) is 9.47. The summed E-state index contributed by atoms with van der Waals surface area (Å²) in [5.74, 6) is -3.29. The maximum atomic E-state index is 13.1. The van der Waals surface area contributed by atoms with Crippen LogP contribution in [0, 0.1) is 11.3 Å². The minimum atomic E-state index is -5.60. The molecule has 1 aromatic carbocycles. The molecule has 0 radical (unpaired) electrons. The third-order valence-corrected chi connectivity index (χ3v) is 6.15. The summed E-state index contributed by atoms with van der Waals surface area (Å²) in [6.07, 6.45) is -0.473. The number of hydrogen-bond donors (Lipinski definition) is 4. The topological polar surface area (TPSA) is 170 Å². The van der Waals surface area contributed by atoms with Crippen molar-refractivity contribution in [1.29, 1.82) is 0 Å². The van der Waals surface area contributed by atoms with E-state index in [1.165, 1.54) is 20.8 Å². The van der Waals surface area contributed by atoms with E-state index in [1.54, 1.807) is 44.2 Å². The molecule has 0 spiro atoms. The molecule has 0 heterocycles. The number of esters is 1. The van der Waals surface area contributed by atoms with Crippen molar-refractivity contribution in [2.75, 3.05) is 0 Å². The summed E-state index contributed by atoms with van der Waals surface area (Å²) in [5, 5.41) is 11.1.